The van der Waals surface area contributed by atoms with Crippen molar-refractivity contribution < 1.29 is 9.13 Å². The van der Waals surface area contributed by atoms with E-state index in [1.807, 2.05) is 38.2 Å². The van der Waals surface area contributed by atoms with Crippen LogP contribution in [0.25, 0.3) is 0 Å². The number of nitrogens with one attached hydrogen (secondary N) is 1. The van der Waals surface area contributed by atoms with Crippen LogP contribution in [0.15, 0.2) is 46.9 Å². The lowest BCUT2D eigenvalue weighted by Crippen LogP contribution is -2.20. The second kappa shape index (κ2) is 7.57. The molecule has 1 unspecified atom stereocenters. The first kappa shape index (κ1) is 16.0. The van der Waals surface area contributed by atoms with Gasteiger partial charge >= 0.3 is 0 Å². The molecule has 4 heteroatoms. The smallest absolute Gasteiger partial charge is 0.124 e. The molecule has 2 rings (SSSR count). The first-order valence-electron chi connectivity index (χ1n) is 6.98. The van der Waals surface area contributed by atoms with Gasteiger partial charge in [0.25, 0.3) is 0 Å². The summed E-state index contributed by atoms with van der Waals surface area (Å²) in [5.74, 6) is 0.666. The van der Waals surface area contributed by atoms with Crippen molar-refractivity contribution >= 4 is 15.9 Å². The van der Waals surface area contributed by atoms with E-state index in [1.54, 1.807) is 0 Å². The Balaban J connectivity index is 2.27. The van der Waals surface area contributed by atoms with Gasteiger partial charge in [-0.2, -0.15) is 0 Å². The maximum atomic E-state index is 13.0. The summed E-state index contributed by atoms with van der Waals surface area (Å²) in [6.07, 6.45) is 0.771. The number of halogens is 2. The molecule has 0 aliphatic rings. The molecule has 0 bridgehead atoms. The second-order valence-electron chi connectivity index (χ2n) is 4.79. The summed E-state index contributed by atoms with van der Waals surface area (Å²) >= 11 is 3.51. The zero-order valence-corrected chi connectivity index (χ0v) is 13.8. The van der Waals surface area contributed by atoms with Gasteiger partial charge in [-0.1, -0.05) is 28.1 Å². The van der Waals surface area contributed by atoms with E-state index in [0.29, 0.717) is 6.61 Å². The summed E-state index contributed by atoms with van der Waals surface area (Å²) in [4.78, 5) is 0. The van der Waals surface area contributed by atoms with Gasteiger partial charge in [-0.25, -0.2) is 4.39 Å². The van der Waals surface area contributed by atoms with Crippen LogP contribution in [0.2, 0.25) is 0 Å². The lowest BCUT2D eigenvalue weighted by molar-refractivity contribution is 0.332. The molecule has 2 nitrogen and oxygen atoms in total. The molecule has 21 heavy (non-hydrogen) atoms. The summed E-state index contributed by atoms with van der Waals surface area (Å²) < 4.78 is 19.7. The third kappa shape index (κ3) is 4.29. The fraction of sp³-hybridized carbons (Fsp3) is 0.294. The van der Waals surface area contributed by atoms with Crippen LogP contribution in [-0.4, -0.2) is 13.7 Å². The number of hydrogen-bond acceptors (Lipinski definition) is 2. The van der Waals surface area contributed by atoms with Gasteiger partial charge in [-0.3, -0.25) is 0 Å². The second-order valence-corrected chi connectivity index (χ2v) is 5.70. The highest BCUT2D eigenvalue weighted by atomic mass is 79.9. The Labute approximate surface area is 133 Å². The first-order chi connectivity index (χ1) is 10.1. The van der Waals surface area contributed by atoms with Gasteiger partial charge in [-0.05, 0) is 56.3 Å². The van der Waals surface area contributed by atoms with Gasteiger partial charge in [0.1, 0.15) is 11.6 Å². The molecule has 0 radical (unpaired) electrons. The molecule has 0 aromatic heterocycles. The van der Waals surface area contributed by atoms with Crippen molar-refractivity contribution in [3.05, 3.63) is 63.9 Å². The standard InChI is InChI=1S/C17H19BrFNO/c1-3-21-17-9-6-13(18)11-15(17)16(20-2)10-12-4-7-14(19)8-5-12/h4-9,11,16,20H,3,10H2,1-2H3. The van der Waals surface area contributed by atoms with E-state index in [2.05, 4.69) is 27.3 Å². The minimum Gasteiger partial charge on any atom is -0.494 e. The van der Waals surface area contributed by atoms with Gasteiger partial charge in [0.2, 0.25) is 0 Å². The first-order valence-corrected chi connectivity index (χ1v) is 7.77. The SMILES string of the molecule is CCOc1ccc(Br)cc1C(Cc1ccc(F)cc1)NC. The van der Waals surface area contributed by atoms with E-state index >= 15 is 0 Å². The van der Waals surface area contributed by atoms with Crippen LogP contribution in [0.1, 0.15) is 24.1 Å². The maximum Gasteiger partial charge on any atom is 0.124 e. The highest BCUT2D eigenvalue weighted by Crippen LogP contribution is 2.30. The van der Waals surface area contributed by atoms with Crippen LogP contribution >= 0.6 is 15.9 Å². The van der Waals surface area contributed by atoms with Crippen molar-refractivity contribution in [1.29, 1.82) is 0 Å². The van der Waals surface area contributed by atoms with Crippen LogP contribution in [0, 0.1) is 5.82 Å². The monoisotopic (exact) mass is 351 g/mol. The van der Waals surface area contributed by atoms with Crippen molar-refractivity contribution in [2.24, 2.45) is 0 Å². The minimum absolute atomic E-state index is 0.106. The average molecular weight is 352 g/mol. The molecule has 0 spiro atoms. The third-order valence-corrected chi connectivity index (χ3v) is 3.84. The summed E-state index contributed by atoms with van der Waals surface area (Å²) in [6, 6.07) is 12.7. The Morgan fingerprint density at radius 1 is 1.19 bits per heavy atom. The Kier molecular flexibility index (Phi) is 5.76. The highest BCUT2D eigenvalue weighted by Gasteiger charge is 2.16. The number of rotatable bonds is 6. The summed E-state index contributed by atoms with van der Waals surface area (Å²) in [7, 11) is 1.92. The predicted molar refractivity (Wildman–Crippen MR) is 87.2 cm³/mol. The minimum atomic E-state index is -0.211. The zero-order chi connectivity index (χ0) is 15.2. The normalized spacial score (nSPS) is 12.2. The molecular weight excluding hydrogens is 333 g/mol. The fourth-order valence-corrected chi connectivity index (χ4v) is 2.68. The molecule has 1 N–H and O–H groups in total. The molecule has 0 heterocycles. The van der Waals surface area contributed by atoms with Crippen molar-refractivity contribution in [2.75, 3.05) is 13.7 Å². The van der Waals surface area contributed by atoms with Crippen LogP contribution in [-0.2, 0) is 6.42 Å². The molecule has 2 aromatic carbocycles. The molecule has 0 fully saturated rings. The number of likely N-dealkylation sites (N-methyl/N-ethyl adjacent to an activating group) is 1. The lowest BCUT2D eigenvalue weighted by Gasteiger charge is -2.20. The summed E-state index contributed by atoms with van der Waals surface area (Å²) in [5.41, 5.74) is 2.18. The quantitative estimate of drug-likeness (QED) is 0.827. The van der Waals surface area contributed by atoms with Crippen LogP contribution in [0.5, 0.6) is 5.75 Å². The van der Waals surface area contributed by atoms with Gasteiger partial charge in [0.15, 0.2) is 0 Å². The Hall–Kier alpha value is -1.39. The Morgan fingerprint density at radius 2 is 1.90 bits per heavy atom. The highest BCUT2D eigenvalue weighted by molar-refractivity contribution is 9.10. The van der Waals surface area contributed by atoms with E-state index < -0.39 is 0 Å². The van der Waals surface area contributed by atoms with E-state index in [4.69, 9.17) is 4.74 Å². The number of benzene rings is 2. The zero-order valence-electron chi connectivity index (χ0n) is 12.2. The van der Waals surface area contributed by atoms with Crippen molar-refractivity contribution in [1.82, 2.24) is 5.32 Å². The maximum absolute atomic E-state index is 13.0. The average Bonchev–Trinajstić information content (AvgIpc) is 2.49. The molecule has 0 saturated heterocycles. The van der Waals surface area contributed by atoms with E-state index in [-0.39, 0.29) is 11.9 Å². The number of ether oxygens (including phenoxy) is 1. The van der Waals surface area contributed by atoms with Gasteiger partial charge in [0.05, 0.1) is 6.61 Å². The molecule has 0 saturated carbocycles. The van der Waals surface area contributed by atoms with E-state index in [1.165, 1.54) is 12.1 Å². The van der Waals surface area contributed by atoms with Crippen LogP contribution in [0.3, 0.4) is 0 Å². The Bertz CT molecular complexity index is 586. The predicted octanol–water partition coefficient (Wildman–Crippen LogP) is 4.49. The molecule has 0 aliphatic heterocycles. The topological polar surface area (TPSA) is 21.3 Å². The Morgan fingerprint density at radius 3 is 2.52 bits per heavy atom. The fourth-order valence-electron chi connectivity index (χ4n) is 2.30. The van der Waals surface area contributed by atoms with Crippen LogP contribution in [0.4, 0.5) is 4.39 Å². The third-order valence-electron chi connectivity index (χ3n) is 3.35. The van der Waals surface area contributed by atoms with Gasteiger partial charge in [-0.15, -0.1) is 0 Å². The largest absolute Gasteiger partial charge is 0.494 e. The summed E-state index contributed by atoms with van der Waals surface area (Å²) in [5, 5.41) is 3.31. The van der Waals surface area contributed by atoms with Gasteiger partial charge in [0, 0.05) is 16.1 Å². The molecule has 112 valence electrons. The van der Waals surface area contributed by atoms with Crippen LogP contribution < -0.4 is 10.1 Å². The molecule has 2 aromatic rings. The number of hydrogen-bond donors (Lipinski definition) is 1. The van der Waals surface area contributed by atoms with E-state index in [9.17, 15) is 4.39 Å². The molecule has 0 amide bonds. The molecular formula is C17H19BrFNO. The van der Waals surface area contributed by atoms with Crippen molar-refractivity contribution in [2.45, 2.75) is 19.4 Å². The lowest BCUT2D eigenvalue weighted by atomic mass is 9.98. The summed E-state index contributed by atoms with van der Waals surface area (Å²) in [6.45, 7) is 2.60. The van der Waals surface area contributed by atoms with Crippen molar-refractivity contribution in [3.8, 4) is 5.75 Å². The van der Waals surface area contributed by atoms with E-state index in [0.717, 1.165) is 27.8 Å². The van der Waals surface area contributed by atoms with Crippen molar-refractivity contribution in [3.63, 3.8) is 0 Å². The molecule has 0 aliphatic carbocycles. The molecule has 1 atom stereocenters. The van der Waals surface area contributed by atoms with Gasteiger partial charge < -0.3 is 10.1 Å².